The fourth-order valence-corrected chi connectivity index (χ4v) is 3.21. The van der Waals surface area contributed by atoms with Crippen molar-refractivity contribution in [2.75, 3.05) is 12.4 Å². The third-order valence-electron chi connectivity index (χ3n) is 4.25. The lowest BCUT2D eigenvalue weighted by atomic mass is 9.86. The lowest BCUT2D eigenvalue weighted by molar-refractivity contribution is -0.275. The molecule has 0 aliphatic heterocycles. The number of esters is 1. The molecule has 0 amide bonds. The zero-order chi connectivity index (χ0) is 21.0. The van der Waals surface area contributed by atoms with Gasteiger partial charge in [-0.15, -0.1) is 13.2 Å². The number of halogens is 3. The third-order valence-corrected chi connectivity index (χ3v) is 4.93. The molecule has 1 aliphatic rings. The van der Waals surface area contributed by atoms with Gasteiger partial charge in [0.1, 0.15) is 18.0 Å². The average molecular weight is 426 g/mol. The van der Waals surface area contributed by atoms with E-state index in [1.54, 1.807) is 6.92 Å². The molecule has 0 saturated heterocycles. The van der Waals surface area contributed by atoms with E-state index in [2.05, 4.69) is 4.74 Å². The highest BCUT2D eigenvalue weighted by Gasteiger charge is 2.35. The van der Waals surface area contributed by atoms with Crippen molar-refractivity contribution < 1.29 is 45.1 Å². The molecule has 0 aromatic heterocycles. The molecule has 0 heterocycles. The number of carbonyl (C=O) groups excluding carboxylic acids is 1. The summed E-state index contributed by atoms with van der Waals surface area (Å²) in [5.74, 6) is -2.62. The van der Waals surface area contributed by atoms with Gasteiger partial charge in [-0.05, 0) is 50.8 Å². The Morgan fingerprint density at radius 3 is 2.39 bits per heavy atom. The lowest BCUT2D eigenvalue weighted by Crippen LogP contribution is -2.35. The van der Waals surface area contributed by atoms with Gasteiger partial charge in [-0.25, -0.2) is 4.79 Å². The van der Waals surface area contributed by atoms with Crippen LogP contribution in [0.1, 0.15) is 49.4 Å². The third kappa shape index (κ3) is 7.19. The Morgan fingerprint density at radius 2 is 1.82 bits per heavy atom. The minimum Gasteiger partial charge on any atom is -0.484 e. The smallest absolute Gasteiger partial charge is 0.484 e. The van der Waals surface area contributed by atoms with E-state index in [4.69, 9.17) is 14.0 Å². The Bertz CT molecular complexity index is 799. The summed E-state index contributed by atoms with van der Waals surface area (Å²) in [5.41, 5.74) is -0.839. The summed E-state index contributed by atoms with van der Waals surface area (Å²) in [6.07, 6.45) is -0.927. The summed E-state index contributed by atoms with van der Waals surface area (Å²) in [6, 6.07) is 3.05. The molecule has 158 valence electrons. The molecule has 11 heteroatoms. The van der Waals surface area contributed by atoms with Gasteiger partial charge in [0.2, 0.25) is 0 Å². The SMILES string of the molecule is CC1(Oc2cc(C(=O)OCCS(=O)(=O)O)ccc2OC(F)(F)F)CCCCC1. The fraction of sp³-hybridized carbons (Fsp3) is 0.588. The van der Waals surface area contributed by atoms with Crippen molar-refractivity contribution in [1.82, 2.24) is 0 Å². The van der Waals surface area contributed by atoms with Crippen LogP contribution in [0.2, 0.25) is 0 Å². The summed E-state index contributed by atoms with van der Waals surface area (Å²) in [6.45, 7) is 1.17. The molecule has 1 aromatic carbocycles. The van der Waals surface area contributed by atoms with E-state index < -0.39 is 46.2 Å². The first-order valence-electron chi connectivity index (χ1n) is 8.58. The molecule has 1 fully saturated rings. The second kappa shape index (κ2) is 8.56. The Kier molecular flexibility index (Phi) is 6.81. The van der Waals surface area contributed by atoms with Crippen LogP contribution in [0.3, 0.4) is 0 Å². The van der Waals surface area contributed by atoms with E-state index in [0.717, 1.165) is 37.5 Å². The zero-order valence-electron chi connectivity index (χ0n) is 15.1. The van der Waals surface area contributed by atoms with E-state index >= 15 is 0 Å². The second-order valence-corrected chi connectivity index (χ2v) is 8.32. The van der Waals surface area contributed by atoms with Gasteiger partial charge in [-0.3, -0.25) is 4.55 Å². The van der Waals surface area contributed by atoms with Crippen LogP contribution in [0.15, 0.2) is 18.2 Å². The van der Waals surface area contributed by atoms with Gasteiger partial charge in [0.05, 0.1) is 5.56 Å². The summed E-state index contributed by atoms with van der Waals surface area (Å²) < 4.78 is 82.5. The normalized spacial score (nSPS) is 17.0. The Balaban J connectivity index is 2.22. The second-order valence-electron chi connectivity index (χ2n) is 6.74. The Hall–Kier alpha value is -2.01. The number of hydrogen-bond acceptors (Lipinski definition) is 6. The summed E-state index contributed by atoms with van der Waals surface area (Å²) in [5, 5.41) is 0. The van der Waals surface area contributed by atoms with E-state index in [9.17, 15) is 26.4 Å². The molecule has 1 N–H and O–H groups in total. The average Bonchev–Trinajstić information content (AvgIpc) is 2.54. The van der Waals surface area contributed by atoms with E-state index in [0.29, 0.717) is 12.8 Å². The molecular weight excluding hydrogens is 405 g/mol. The Labute approximate surface area is 160 Å². The zero-order valence-corrected chi connectivity index (χ0v) is 15.9. The van der Waals surface area contributed by atoms with Crippen molar-refractivity contribution in [1.29, 1.82) is 0 Å². The molecule has 7 nitrogen and oxygen atoms in total. The van der Waals surface area contributed by atoms with Gasteiger partial charge in [-0.1, -0.05) is 6.42 Å². The molecule has 0 radical (unpaired) electrons. The van der Waals surface area contributed by atoms with Gasteiger partial charge in [0.25, 0.3) is 10.1 Å². The molecule has 0 atom stereocenters. The standard InChI is InChI=1S/C17H21F3O7S/c1-16(7-3-2-4-8-16)26-14-11-12(5-6-13(14)27-17(18,19)20)15(21)25-9-10-28(22,23)24/h5-6,11H,2-4,7-10H2,1H3,(H,22,23,24). The predicted molar refractivity (Wildman–Crippen MR) is 91.9 cm³/mol. The van der Waals surface area contributed by atoms with E-state index in [-0.39, 0.29) is 11.3 Å². The van der Waals surface area contributed by atoms with Gasteiger partial charge in [0.15, 0.2) is 11.5 Å². The van der Waals surface area contributed by atoms with Crippen LogP contribution in [0, 0.1) is 0 Å². The largest absolute Gasteiger partial charge is 0.573 e. The highest BCUT2D eigenvalue weighted by molar-refractivity contribution is 7.85. The van der Waals surface area contributed by atoms with Gasteiger partial charge >= 0.3 is 12.3 Å². The van der Waals surface area contributed by atoms with Crippen molar-refractivity contribution in [3.05, 3.63) is 23.8 Å². The van der Waals surface area contributed by atoms with Crippen LogP contribution >= 0.6 is 0 Å². The topological polar surface area (TPSA) is 99.1 Å². The number of rotatable bonds is 7. The molecule has 28 heavy (non-hydrogen) atoms. The number of hydrogen-bond donors (Lipinski definition) is 1. The first-order valence-corrected chi connectivity index (χ1v) is 10.2. The highest BCUT2D eigenvalue weighted by Crippen LogP contribution is 2.39. The molecule has 0 spiro atoms. The van der Waals surface area contributed by atoms with Crippen LogP contribution in [0.4, 0.5) is 13.2 Å². The van der Waals surface area contributed by atoms with E-state index in [1.165, 1.54) is 0 Å². The van der Waals surface area contributed by atoms with Gasteiger partial charge in [-0.2, -0.15) is 8.42 Å². The van der Waals surface area contributed by atoms with Crippen LogP contribution in [0.25, 0.3) is 0 Å². The number of alkyl halides is 3. The van der Waals surface area contributed by atoms with Crippen LogP contribution in [-0.2, 0) is 14.9 Å². The molecule has 0 bridgehead atoms. The first kappa shape index (κ1) is 22.3. The predicted octanol–water partition coefficient (Wildman–Crippen LogP) is 3.73. The number of benzene rings is 1. The van der Waals surface area contributed by atoms with Crippen molar-refractivity contribution in [3.8, 4) is 11.5 Å². The van der Waals surface area contributed by atoms with Crippen molar-refractivity contribution in [3.63, 3.8) is 0 Å². The lowest BCUT2D eigenvalue weighted by Gasteiger charge is -2.34. The minimum absolute atomic E-state index is 0.140. The molecule has 2 rings (SSSR count). The maximum absolute atomic E-state index is 12.7. The fourth-order valence-electron chi connectivity index (χ4n) is 2.91. The molecule has 1 aliphatic carbocycles. The summed E-state index contributed by atoms with van der Waals surface area (Å²) in [7, 11) is -4.31. The minimum atomic E-state index is -4.94. The van der Waals surface area contributed by atoms with Crippen LogP contribution in [-0.4, -0.2) is 43.3 Å². The first-order chi connectivity index (χ1) is 12.9. The van der Waals surface area contributed by atoms with Crippen molar-refractivity contribution in [2.24, 2.45) is 0 Å². The molecule has 1 saturated carbocycles. The monoisotopic (exact) mass is 426 g/mol. The van der Waals surface area contributed by atoms with E-state index in [1.807, 2.05) is 0 Å². The molecule has 0 unspecified atom stereocenters. The summed E-state index contributed by atoms with van der Waals surface area (Å²) >= 11 is 0. The van der Waals surface area contributed by atoms with Gasteiger partial charge < -0.3 is 14.2 Å². The van der Waals surface area contributed by atoms with Gasteiger partial charge in [0, 0.05) is 0 Å². The number of ether oxygens (including phenoxy) is 3. The number of carbonyl (C=O) groups is 1. The van der Waals surface area contributed by atoms with Crippen molar-refractivity contribution >= 4 is 16.1 Å². The maximum atomic E-state index is 12.7. The van der Waals surface area contributed by atoms with Crippen molar-refractivity contribution in [2.45, 2.75) is 51.0 Å². The highest BCUT2D eigenvalue weighted by atomic mass is 32.2. The summed E-state index contributed by atoms with van der Waals surface area (Å²) in [4.78, 5) is 12.0. The quantitative estimate of drug-likeness (QED) is 0.524. The van der Waals surface area contributed by atoms with Crippen LogP contribution in [0.5, 0.6) is 11.5 Å². The van der Waals surface area contributed by atoms with Crippen LogP contribution < -0.4 is 9.47 Å². The maximum Gasteiger partial charge on any atom is 0.573 e. The molecule has 1 aromatic rings. The molecular formula is C17H21F3O7S. The Morgan fingerprint density at radius 1 is 1.18 bits per heavy atom.